The molecule has 1 aromatic rings. The van der Waals surface area contributed by atoms with Crippen LogP contribution in [0.3, 0.4) is 0 Å². The van der Waals surface area contributed by atoms with E-state index in [0.717, 1.165) is 0 Å². The number of nitrogens with zero attached hydrogens (tertiary/aromatic N) is 2. The minimum atomic E-state index is -2.93. The molecule has 0 unspecified atom stereocenters. The standard InChI is InChI=1S/C5H6N2O/c1-5(8)7-3-2-6-4-7/h2-4H,1H3/i1D3,2D,3D,4D. The van der Waals surface area contributed by atoms with Crippen molar-refractivity contribution in [3.63, 3.8) is 0 Å². The Morgan fingerprint density at radius 1 is 2.12 bits per heavy atom. The van der Waals surface area contributed by atoms with Gasteiger partial charge in [0.15, 0.2) is 0 Å². The summed E-state index contributed by atoms with van der Waals surface area (Å²) < 4.78 is 41.9. The van der Waals surface area contributed by atoms with Crippen LogP contribution in [0.15, 0.2) is 18.6 Å². The van der Waals surface area contributed by atoms with E-state index in [-0.39, 0.29) is 4.57 Å². The molecule has 0 saturated heterocycles. The first kappa shape index (κ1) is 1.43. The van der Waals surface area contributed by atoms with E-state index < -0.39 is 31.4 Å². The summed E-state index contributed by atoms with van der Waals surface area (Å²) in [4.78, 5) is 14.3. The lowest BCUT2D eigenvalue weighted by Crippen LogP contribution is -2.00. The molecule has 3 heteroatoms. The van der Waals surface area contributed by atoms with Crippen LogP contribution in [0.1, 0.15) is 19.9 Å². The molecule has 0 atom stereocenters. The maximum absolute atomic E-state index is 11.2. The van der Waals surface area contributed by atoms with Gasteiger partial charge in [-0.3, -0.25) is 9.36 Å². The summed E-state index contributed by atoms with van der Waals surface area (Å²) in [5.74, 6) is -1.39. The van der Waals surface area contributed by atoms with Crippen LogP contribution in [0.2, 0.25) is 0 Å². The zero-order valence-corrected chi connectivity index (χ0v) is 3.80. The van der Waals surface area contributed by atoms with Crippen LogP contribution in [-0.4, -0.2) is 15.5 Å². The largest absolute Gasteiger partial charge is 0.277 e. The van der Waals surface area contributed by atoms with Crippen LogP contribution in [0, 0.1) is 0 Å². The predicted octanol–water partition coefficient (Wildman–Crippen LogP) is 0.543. The van der Waals surface area contributed by atoms with Crippen LogP contribution in [0.25, 0.3) is 0 Å². The maximum atomic E-state index is 11.2. The molecule has 0 N–H and O–H groups in total. The van der Waals surface area contributed by atoms with E-state index in [4.69, 9.17) is 8.22 Å². The first-order chi connectivity index (χ1) is 6.25. The van der Waals surface area contributed by atoms with Gasteiger partial charge in [-0.2, -0.15) is 0 Å². The Morgan fingerprint density at radius 3 is 3.50 bits per heavy atom. The second kappa shape index (κ2) is 1.78. The van der Waals surface area contributed by atoms with Crippen LogP contribution < -0.4 is 0 Å². The quantitative estimate of drug-likeness (QED) is 0.496. The second-order valence-electron chi connectivity index (χ2n) is 1.08. The van der Waals surface area contributed by atoms with E-state index in [2.05, 4.69) is 4.98 Å². The molecule has 42 valence electrons. The molecule has 0 aliphatic rings. The van der Waals surface area contributed by atoms with Crippen molar-refractivity contribution in [2.45, 2.75) is 6.85 Å². The highest BCUT2D eigenvalue weighted by Gasteiger charge is 1.90. The molecule has 0 saturated carbocycles. The second-order valence-corrected chi connectivity index (χ2v) is 1.08. The van der Waals surface area contributed by atoms with Crippen LogP contribution in [0.5, 0.6) is 0 Å². The number of carbonyl (C=O) groups excluding carboxylic acids is 1. The van der Waals surface area contributed by atoms with Gasteiger partial charge in [-0.15, -0.1) is 0 Å². The first-order valence-electron chi connectivity index (χ1n) is 4.82. The third-order valence-corrected chi connectivity index (χ3v) is 0.571. The van der Waals surface area contributed by atoms with Crippen molar-refractivity contribution in [3.05, 3.63) is 18.6 Å². The molecule has 1 heterocycles. The summed E-state index contributed by atoms with van der Waals surface area (Å²) in [5, 5.41) is 0. The van der Waals surface area contributed by atoms with E-state index in [0.29, 0.717) is 0 Å². The van der Waals surface area contributed by atoms with Gasteiger partial charge >= 0.3 is 0 Å². The topological polar surface area (TPSA) is 34.9 Å². The number of hydrogen-bond donors (Lipinski definition) is 0. The molecule has 0 spiro atoms. The summed E-state index contributed by atoms with van der Waals surface area (Å²) in [7, 11) is 0. The van der Waals surface area contributed by atoms with E-state index in [1.165, 1.54) is 0 Å². The minimum absolute atomic E-state index is 0.287. The highest BCUT2D eigenvalue weighted by molar-refractivity contribution is 5.75. The zero-order chi connectivity index (χ0) is 11.1. The lowest BCUT2D eigenvalue weighted by Gasteiger charge is -1.87. The maximum Gasteiger partial charge on any atom is 0.228 e. The summed E-state index contributed by atoms with van der Waals surface area (Å²) in [6, 6.07) is 0. The average Bonchev–Trinajstić information content (AvgIpc) is 2.24. The molecule has 0 amide bonds. The zero-order valence-electron chi connectivity index (χ0n) is 9.80. The highest BCUT2D eigenvalue weighted by atomic mass is 16.1. The third kappa shape index (κ3) is 0.753. The van der Waals surface area contributed by atoms with Gasteiger partial charge < -0.3 is 0 Å². The van der Waals surface area contributed by atoms with Crippen molar-refractivity contribution >= 4 is 5.91 Å². The van der Waals surface area contributed by atoms with Crippen molar-refractivity contribution in [1.29, 1.82) is 0 Å². The van der Waals surface area contributed by atoms with Gasteiger partial charge in [0.2, 0.25) is 5.91 Å². The van der Waals surface area contributed by atoms with Gasteiger partial charge in [0.25, 0.3) is 0 Å². The number of carbonyl (C=O) groups is 1. The van der Waals surface area contributed by atoms with Crippen LogP contribution >= 0.6 is 0 Å². The molecule has 8 heavy (non-hydrogen) atoms. The van der Waals surface area contributed by atoms with Gasteiger partial charge in [0, 0.05) is 23.3 Å². The molecule has 3 nitrogen and oxygen atoms in total. The van der Waals surface area contributed by atoms with Crippen LogP contribution in [0.4, 0.5) is 0 Å². The molecule has 0 aromatic carbocycles. The number of imidazole rings is 1. The number of rotatable bonds is 0. The molecular weight excluding hydrogens is 104 g/mol. The summed E-state index contributed by atoms with van der Waals surface area (Å²) in [6.07, 6.45) is -1.98. The normalized spacial score (nSPS) is 21.5. The fourth-order valence-corrected chi connectivity index (χ4v) is 0.271. The lowest BCUT2D eigenvalue weighted by molar-refractivity contribution is 0.0936. The van der Waals surface area contributed by atoms with Crippen molar-refractivity contribution in [1.82, 2.24) is 9.55 Å². The summed E-state index contributed by atoms with van der Waals surface area (Å²) in [6.45, 7) is -2.93. The average molecular weight is 116 g/mol. The molecule has 1 aromatic heterocycles. The third-order valence-electron chi connectivity index (χ3n) is 0.571. The van der Waals surface area contributed by atoms with Crippen LogP contribution in [-0.2, 0) is 0 Å². The van der Waals surface area contributed by atoms with E-state index in [9.17, 15) is 4.79 Å². The first-order valence-corrected chi connectivity index (χ1v) is 1.82. The van der Waals surface area contributed by atoms with Gasteiger partial charge in [-0.05, 0) is 0 Å². The Morgan fingerprint density at radius 2 is 3.00 bits per heavy atom. The summed E-state index contributed by atoms with van der Waals surface area (Å²) >= 11 is 0. The SMILES string of the molecule is [2H]c1nc([2H])n(C(=O)C([2H])([2H])[2H])c1[2H]. The molecule has 0 aliphatic carbocycles. The Kier molecular flexibility index (Phi) is 0.318. The molecular formula is C5H6N2O. The van der Waals surface area contributed by atoms with Crippen molar-refractivity contribution in [2.24, 2.45) is 0 Å². The Labute approximate surface area is 55.4 Å². The van der Waals surface area contributed by atoms with Gasteiger partial charge in [-0.1, -0.05) is 0 Å². The molecule has 0 aliphatic heterocycles. The Balaban J connectivity index is 3.27. The fourth-order valence-electron chi connectivity index (χ4n) is 0.271. The monoisotopic (exact) mass is 116 g/mol. The molecule has 1 rings (SSSR count). The van der Waals surface area contributed by atoms with Crippen molar-refractivity contribution in [3.8, 4) is 0 Å². The number of aromatic nitrogens is 2. The Hall–Kier alpha value is -1.12. The van der Waals surface area contributed by atoms with Crippen molar-refractivity contribution in [2.75, 3.05) is 0 Å². The summed E-state index contributed by atoms with van der Waals surface area (Å²) in [5.41, 5.74) is 0. The van der Waals surface area contributed by atoms with Gasteiger partial charge in [0.1, 0.15) is 7.67 Å². The van der Waals surface area contributed by atoms with Gasteiger partial charge in [-0.25, -0.2) is 4.98 Å². The van der Waals surface area contributed by atoms with E-state index in [1.54, 1.807) is 0 Å². The van der Waals surface area contributed by atoms with Gasteiger partial charge in [0.05, 0.1) is 2.74 Å². The predicted molar refractivity (Wildman–Crippen MR) is 28.5 cm³/mol. The number of hydrogen-bond acceptors (Lipinski definition) is 2. The fraction of sp³-hybridized carbons (Fsp3) is 0.200. The smallest absolute Gasteiger partial charge is 0.228 e. The van der Waals surface area contributed by atoms with Crippen molar-refractivity contribution < 1.29 is 13.0 Å². The molecule has 0 radical (unpaired) electrons. The molecule has 0 fully saturated rings. The Bertz CT molecular complexity index is 380. The highest BCUT2D eigenvalue weighted by Crippen LogP contribution is 1.82. The lowest BCUT2D eigenvalue weighted by atomic mass is 10.7. The molecule has 0 bridgehead atoms. The van der Waals surface area contributed by atoms with E-state index in [1.807, 2.05) is 0 Å². The minimum Gasteiger partial charge on any atom is -0.277 e. The van der Waals surface area contributed by atoms with E-state index >= 15 is 0 Å².